The van der Waals surface area contributed by atoms with Crippen molar-refractivity contribution in [1.29, 1.82) is 0 Å². The number of amides is 2. The van der Waals surface area contributed by atoms with Gasteiger partial charge in [0.25, 0.3) is 0 Å². The SMILES string of the molecule is COc1ccc(CC2(CCC(=O)N3CCCC(OCc4ccccc4)C3)CCC(=O)N2)cc1OC. The highest BCUT2D eigenvalue weighted by Gasteiger charge is 2.38. The summed E-state index contributed by atoms with van der Waals surface area (Å²) in [5.41, 5.74) is 1.76. The zero-order valence-electron chi connectivity index (χ0n) is 20.8. The van der Waals surface area contributed by atoms with Gasteiger partial charge in [0.15, 0.2) is 11.5 Å². The Balaban J connectivity index is 1.34. The van der Waals surface area contributed by atoms with E-state index in [1.807, 2.05) is 41.3 Å². The molecule has 0 radical (unpaired) electrons. The van der Waals surface area contributed by atoms with Gasteiger partial charge in [-0.15, -0.1) is 0 Å². The van der Waals surface area contributed by atoms with Crippen LogP contribution in [0.15, 0.2) is 48.5 Å². The molecule has 7 nitrogen and oxygen atoms in total. The van der Waals surface area contributed by atoms with Crippen molar-refractivity contribution < 1.29 is 23.8 Å². The molecule has 0 aliphatic carbocycles. The molecule has 2 aromatic carbocycles. The van der Waals surface area contributed by atoms with Crippen LogP contribution in [0.5, 0.6) is 11.5 Å². The number of carbonyl (C=O) groups is 2. The minimum atomic E-state index is -0.425. The van der Waals surface area contributed by atoms with E-state index in [4.69, 9.17) is 14.2 Å². The van der Waals surface area contributed by atoms with E-state index in [1.165, 1.54) is 0 Å². The summed E-state index contributed by atoms with van der Waals surface area (Å²) >= 11 is 0. The van der Waals surface area contributed by atoms with Gasteiger partial charge in [-0.05, 0) is 55.4 Å². The smallest absolute Gasteiger partial charge is 0.222 e. The van der Waals surface area contributed by atoms with E-state index in [1.54, 1.807) is 14.2 Å². The van der Waals surface area contributed by atoms with Crippen molar-refractivity contribution in [3.63, 3.8) is 0 Å². The molecule has 2 aliphatic heterocycles. The van der Waals surface area contributed by atoms with Gasteiger partial charge in [0, 0.05) is 31.5 Å². The fourth-order valence-electron chi connectivity index (χ4n) is 5.16. The van der Waals surface area contributed by atoms with Crippen LogP contribution in [0.1, 0.15) is 49.7 Å². The lowest BCUT2D eigenvalue weighted by Crippen LogP contribution is -2.46. The van der Waals surface area contributed by atoms with Gasteiger partial charge < -0.3 is 24.4 Å². The van der Waals surface area contributed by atoms with E-state index in [2.05, 4.69) is 17.4 Å². The second kappa shape index (κ2) is 11.6. The number of nitrogens with one attached hydrogen (secondary N) is 1. The van der Waals surface area contributed by atoms with Crippen molar-refractivity contribution in [2.75, 3.05) is 27.3 Å². The number of nitrogens with zero attached hydrogens (tertiary/aromatic N) is 1. The molecule has 2 atom stereocenters. The third-order valence-electron chi connectivity index (χ3n) is 7.10. The lowest BCUT2D eigenvalue weighted by Gasteiger charge is -2.34. The second-order valence-electron chi connectivity index (χ2n) is 9.60. The molecule has 0 bridgehead atoms. The normalized spacial score (nSPS) is 22.1. The number of methoxy groups -OCH3 is 2. The van der Waals surface area contributed by atoms with E-state index < -0.39 is 5.54 Å². The molecule has 0 aromatic heterocycles. The van der Waals surface area contributed by atoms with E-state index in [0.717, 1.165) is 36.9 Å². The van der Waals surface area contributed by atoms with Gasteiger partial charge in [-0.25, -0.2) is 0 Å². The quantitative estimate of drug-likeness (QED) is 0.558. The zero-order valence-corrected chi connectivity index (χ0v) is 20.8. The van der Waals surface area contributed by atoms with Crippen LogP contribution in [0.4, 0.5) is 0 Å². The maximum atomic E-state index is 13.2. The molecule has 188 valence electrons. The molecular formula is C28H36N2O5. The van der Waals surface area contributed by atoms with E-state index in [9.17, 15) is 9.59 Å². The molecule has 0 spiro atoms. The van der Waals surface area contributed by atoms with Crippen molar-refractivity contribution in [3.05, 3.63) is 59.7 Å². The summed E-state index contributed by atoms with van der Waals surface area (Å²) in [5, 5.41) is 3.18. The average Bonchev–Trinajstić information content (AvgIpc) is 3.26. The summed E-state index contributed by atoms with van der Waals surface area (Å²) in [6, 6.07) is 16.0. The maximum Gasteiger partial charge on any atom is 0.222 e. The summed E-state index contributed by atoms with van der Waals surface area (Å²) < 4.78 is 16.9. The molecule has 2 unspecified atom stereocenters. The van der Waals surface area contributed by atoms with E-state index in [0.29, 0.717) is 50.3 Å². The van der Waals surface area contributed by atoms with Gasteiger partial charge in [0.05, 0.1) is 26.9 Å². The van der Waals surface area contributed by atoms with Crippen molar-refractivity contribution >= 4 is 11.8 Å². The number of hydrogen-bond acceptors (Lipinski definition) is 5. The number of hydrogen-bond donors (Lipinski definition) is 1. The average molecular weight is 481 g/mol. The third-order valence-corrected chi connectivity index (χ3v) is 7.10. The van der Waals surface area contributed by atoms with Crippen LogP contribution in [-0.2, 0) is 27.4 Å². The number of piperidine rings is 1. The highest BCUT2D eigenvalue weighted by atomic mass is 16.5. The molecular weight excluding hydrogens is 444 g/mol. The first-order valence-corrected chi connectivity index (χ1v) is 12.5. The second-order valence-corrected chi connectivity index (χ2v) is 9.60. The fraction of sp³-hybridized carbons (Fsp3) is 0.500. The maximum absolute atomic E-state index is 13.2. The molecule has 2 fully saturated rings. The lowest BCUT2D eigenvalue weighted by molar-refractivity contribution is -0.136. The summed E-state index contributed by atoms with van der Waals surface area (Å²) in [4.78, 5) is 27.3. The molecule has 0 saturated carbocycles. The number of rotatable bonds is 10. The number of ether oxygens (including phenoxy) is 3. The molecule has 4 rings (SSSR count). The van der Waals surface area contributed by atoms with Gasteiger partial charge >= 0.3 is 0 Å². The molecule has 2 aliphatic rings. The number of likely N-dealkylation sites (tertiary alicyclic amines) is 1. The highest BCUT2D eigenvalue weighted by Crippen LogP contribution is 2.34. The Bertz CT molecular complexity index is 1010. The number of benzene rings is 2. The standard InChI is InChI=1S/C28H36N2O5/c1-33-24-11-10-22(17-25(24)34-2)18-28(14-12-26(31)29-28)15-13-27(32)30-16-6-9-23(19-30)35-20-21-7-4-3-5-8-21/h3-5,7-8,10-11,17,23H,6,9,12-16,18-20H2,1-2H3,(H,29,31). The van der Waals surface area contributed by atoms with Gasteiger partial charge in [0.2, 0.25) is 11.8 Å². The topological polar surface area (TPSA) is 77.1 Å². The molecule has 7 heteroatoms. The Hall–Kier alpha value is -3.06. The van der Waals surface area contributed by atoms with Crippen LogP contribution in [0.2, 0.25) is 0 Å². The van der Waals surface area contributed by atoms with Crippen LogP contribution in [0.25, 0.3) is 0 Å². The zero-order chi connectivity index (χ0) is 24.7. The Kier molecular flexibility index (Phi) is 8.29. The van der Waals surface area contributed by atoms with Crippen LogP contribution < -0.4 is 14.8 Å². The first kappa shape index (κ1) is 25.0. The molecule has 2 aromatic rings. The Morgan fingerprint density at radius 2 is 1.89 bits per heavy atom. The van der Waals surface area contributed by atoms with Crippen molar-refractivity contribution in [1.82, 2.24) is 10.2 Å². The minimum Gasteiger partial charge on any atom is -0.493 e. The highest BCUT2D eigenvalue weighted by molar-refractivity contribution is 5.80. The van der Waals surface area contributed by atoms with Gasteiger partial charge in [-0.3, -0.25) is 9.59 Å². The lowest BCUT2D eigenvalue weighted by atomic mass is 9.84. The Morgan fingerprint density at radius 3 is 2.60 bits per heavy atom. The van der Waals surface area contributed by atoms with E-state index >= 15 is 0 Å². The first-order valence-electron chi connectivity index (χ1n) is 12.5. The van der Waals surface area contributed by atoms with Crippen molar-refractivity contribution in [2.24, 2.45) is 0 Å². The van der Waals surface area contributed by atoms with Crippen LogP contribution in [-0.4, -0.2) is 55.7 Å². The molecule has 1 N–H and O–H groups in total. The van der Waals surface area contributed by atoms with E-state index in [-0.39, 0.29) is 17.9 Å². The van der Waals surface area contributed by atoms with Crippen molar-refractivity contribution in [3.8, 4) is 11.5 Å². The summed E-state index contributed by atoms with van der Waals surface area (Å²) in [7, 11) is 3.22. The van der Waals surface area contributed by atoms with Gasteiger partial charge in [-0.1, -0.05) is 36.4 Å². The van der Waals surface area contributed by atoms with Crippen LogP contribution in [0, 0.1) is 0 Å². The Labute approximate surface area is 207 Å². The molecule has 2 heterocycles. The first-order chi connectivity index (χ1) is 17.0. The minimum absolute atomic E-state index is 0.0466. The largest absolute Gasteiger partial charge is 0.493 e. The molecule has 2 saturated heterocycles. The summed E-state index contributed by atoms with van der Waals surface area (Å²) in [5.74, 6) is 1.51. The van der Waals surface area contributed by atoms with Gasteiger partial charge in [0.1, 0.15) is 0 Å². The summed E-state index contributed by atoms with van der Waals surface area (Å²) in [6.07, 6.45) is 4.83. The summed E-state index contributed by atoms with van der Waals surface area (Å²) in [6.45, 7) is 1.95. The third kappa shape index (κ3) is 6.54. The predicted molar refractivity (Wildman–Crippen MR) is 133 cm³/mol. The number of carbonyl (C=O) groups excluding carboxylic acids is 2. The predicted octanol–water partition coefficient (Wildman–Crippen LogP) is 3.88. The van der Waals surface area contributed by atoms with Gasteiger partial charge in [-0.2, -0.15) is 0 Å². The monoisotopic (exact) mass is 480 g/mol. The molecule has 35 heavy (non-hydrogen) atoms. The molecule has 2 amide bonds. The Morgan fingerprint density at radius 1 is 1.09 bits per heavy atom. The van der Waals surface area contributed by atoms with Crippen LogP contribution >= 0.6 is 0 Å². The van der Waals surface area contributed by atoms with Crippen molar-refractivity contribution in [2.45, 2.75) is 63.2 Å². The van der Waals surface area contributed by atoms with Crippen LogP contribution in [0.3, 0.4) is 0 Å². The fourth-order valence-corrected chi connectivity index (χ4v) is 5.16.